The Morgan fingerprint density at radius 2 is 0.864 bits per heavy atom. The molecule has 0 aromatic carbocycles. The molecule has 0 aromatic rings. The molecule has 144 valence electrons. The number of unbranched alkanes of at least 4 members (excludes halogenated alkanes) is 2. The molecule has 0 bridgehead atoms. The van der Waals surface area contributed by atoms with E-state index in [4.69, 9.17) is 0 Å². The van der Waals surface area contributed by atoms with Crippen LogP contribution in [0.15, 0.2) is 0 Å². The Morgan fingerprint density at radius 3 is 0.909 bits per heavy atom. The Kier molecular flexibility index (Phi) is 77.2. The van der Waals surface area contributed by atoms with Crippen LogP contribution in [0.5, 0.6) is 0 Å². The molecule has 0 aromatic heterocycles. The molecule has 22 heavy (non-hydrogen) atoms. The van der Waals surface area contributed by atoms with E-state index in [2.05, 4.69) is 40.5 Å². The molecule has 0 radical (unpaired) electrons. The normalized spacial score (nSPS) is 13.6. The number of hydrogen-bond acceptors (Lipinski definition) is 0. The van der Waals surface area contributed by atoms with Crippen molar-refractivity contribution in [3.05, 3.63) is 26.7 Å². The Bertz CT molecular complexity index is 80.8. The minimum atomic E-state index is 0. The summed E-state index contributed by atoms with van der Waals surface area (Å²) in [6, 6.07) is 0. The van der Waals surface area contributed by atoms with Gasteiger partial charge in [-0.25, -0.2) is 0 Å². The van der Waals surface area contributed by atoms with Crippen LogP contribution in [-0.4, -0.2) is 0 Å². The van der Waals surface area contributed by atoms with Gasteiger partial charge in [0.1, 0.15) is 0 Å². The molecule has 0 saturated heterocycles. The summed E-state index contributed by atoms with van der Waals surface area (Å²) in [5.41, 5.74) is 0. The van der Waals surface area contributed by atoms with Crippen LogP contribution >= 0.6 is 0 Å². The molecule has 2 aliphatic rings. The van der Waals surface area contributed by atoms with Gasteiger partial charge in [0, 0.05) is 17.1 Å². The Labute approximate surface area is 183 Å². The van der Waals surface area contributed by atoms with Gasteiger partial charge >= 0.3 is 42.1 Å². The quantitative estimate of drug-likeness (QED) is 0.207. The second-order valence-electron chi connectivity index (χ2n) is 4.85. The van der Waals surface area contributed by atoms with Crippen LogP contribution in [0, 0.1) is 26.7 Å². The molecule has 2 rings (SSSR count). The SMILES string of the molecule is C.[CH-]1CCCC1.[CH-]1CCCC1.[CH2-]CCC.[CH2-]CCC.[Fe].[Pt+2].[Pt+2]. The summed E-state index contributed by atoms with van der Waals surface area (Å²) in [6.45, 7) is 11.4. The molecule has 0 heterocycles. The Hall–Kier alpha value is 1.90. The zero-order valence-electron chi connectivity index (χ0n) is 14.0. The molecule has 0 unspecified atom stereocenters. The van der Waals surface area contributed by atoms with Gasteiger partial charge in [0.05, 0.1) is 0 Å². The zero-order chi connectivity index (χ0) is 13.9. The summed E-state index contributed by atoms with van der Waals surface area (Å²) in [6.07, 6.45) is 20.6. The van der Waals surface area contributed by atoms with E-state index in [1.807, 2.05) is 0 Å². The first-order valence-corrected chi connectivity index (χ1v) is 8.05. The van der Waals surface area contributed by atoms with E-state index in [0.717, 1.165) is 12.8 Å². The third-order valence-electron chi connectivity index (χ3n) is 2.84. The van der Waals surface area contributed by atoms with Gasteiger partial charge in [-0.1, -0.05) is 59.8 Å². The van der Waals surface area contributed by atoms with Gasteiger partial charge in [-0.2, -0.15) is 38.5 Å². The third kappa shape index (κ3) is 49.5. The maximum Gasteiger partial charge on any atom is 2.00 e. The summed E-state index contributed by atoms with van der Waals surface area (Å²) in [5, 5.41) is 0. The molecule has 0 nitrogen and oxygen atoms in total. The predicted molar refractivity (Wildman–Crippen MR) is 92.8 cm³/mol. The number of hydrogen-bond donors (Lipinski definition) is 0. The standard InChI is InChI=1S/2C5H9.2C4H9.CH4.Fe.2Pt/c2*1-2-4-5-3-1;2*1-3-4-2;;;;/h2*1H,2-5H2;2*1,3-4H2,2H3;1H4;;;/q4*-1;;;2*+2. The third-order valence-corrected chi connectivity index (χ3v) is 2.84. The predicted octanol–water partition coefficient (Wildman–Crippen LogP) is 7.40. The van der Waals surface area contributed by atoms with Crippen molar-refractivity contribution in [2.45, 2.75) is 98.3 Å². The van der Waals surface area contributed by atoms with Crippen molar-refractivity contribution < 1.29 is 59.2 Å². The van der Waals surface area contributed by atoms with Crippen LogP contribution < -0.4 is 0 Å². The fraction of sp³-hybridized carbons (Fsp3) is 0.789. The van der Waals surface area contributed by atoms with Crippen molar-refractivity contribution in [1.29, 1.82) is 0 Å². The maximum atomic E-state index is 3.60. The molecule has 0 spiro atoms. The van der Waals surface area contributed by atoms with E-state index in [1.165, 1.54) is 64.2 Å². The Balaban J connectivity index is -0.0000000369. The molecule has 0 atom stereocenters. The van der Waals surface area contributed by atoms with E-state index < -0.39 is 0 Å². The molecule has 0 amide bonds. The average molecular weight is 715 g/mol. The second kappa shape index (κ2) is 43.4. The Morgan fingerprint density at radius 1 is 0.682 bits per heavy atom. The minimum Gasteiger partial charge on any atom is -0.343 e. The molecular formula is C19H40FePt2. The largest absolute Gasteiger partial charge is 2.00 e. The molecule has 3 heteroatoms. The summed E-state index contributed by atoms with van der Waals surface area (Å²) < 4.78 is 0. The van der Waals surface area contributed by atoms with E-state index in [9.17, 15) is 0 Å². The van der Waals surface area contributed by atoms with Crippen molar-refractivity contribution in [2.75, 3.05) is 0 Å². The van der Waals surface area contributed by atoms with Crippen molar-refractivity contribution in [3.63, 3.8) is 0 Å². The first kappa shape index (κ1) is 39.1. The van der Waals surface area contributed by atoms with Gasteiger partial charge in [0.15, 0.2) is 0 Å². The van der Waals surface area contributed by atoms with E-state index >= 15 is 0 Å². The van der Waals surface area contributed by atoms with Gasteiger partial charge in [-0.15, -0.1) is 0 Å². The first-order valence-electron chi connectivity index (χ1n) is 8.05. The summed E-state index contributed by atoms with van der Waals surface area (Å²) in [4.78, 5) is 0. The van der Waals surface area contributed by atoms with Gasteiger partial charge in [-0.05, 0) is 0 Å². The first-order chi connectivity index (χ1) is 8.83. The molecule has 0 aliphatic heterocycles. The average Bonchev–Trinajstić information content (AvgIpc) is 3.14. The maximum absolute atomic E-state index is 3.60. The van der Waals surface area contributed by atoms with E-state index in [1.54, 1.807) is 0 Å². The van der Waals surface area contributed by atoms with Gasteiger partial charge < -0.3 is 26.7 Å². The number of rotatable bonds is 2. The van der Waals surface area contributed by atoms with Crippen LogP contribution in [0.2, 0.25) is 0 Å². The summed E-state index contributed by atoms with van der Waals surface area (Å²) in [5.74, 6) is 0. The van der Waals surface area contributed by atoms with Gasteiger partial charge in [-0.3, -0.25) is 0 Å². The molecule has 2 aliphatic carbocycles. The fourth-order valence-electron chi connectivity index (χ4n) is 1.44. The van der Waals surface area contributed by atoms with Crippen LogP contribution in [0.25, 0.3) is 0 Å². The summed E-state index contributed by atoms with van der Waals surface area (Å²) in [7, 11) is 0. The van der Waals surface area contributed by atoms with Crippen molar-refractivity contribution >= 4 is 0 Å². The van der Waals surface area contributed by atoms with Crippen LogP contribution in [0.4, 0.5) is 0 Å². The summed E-state index contributed by atoms with van der Waals surface area (Å²) >= 11 is 0. The van der Waals surface area contributed by atoms with E-state index in [-0.39, 0.29) is 66.6 Å². The fourth-order valence-corrected chi connectivity index (χ4v) is 1.44. The van der Waals surface area contributed by atoms with Gasteiger partial charge in [0.25, 0.3) is 0 Å². The van der Waals surface area contributed by atoms with Crippen molar-refractivity contribution in [3.8, 4) is 0 Å². The monoisotopic (exact) mass is 714 g/mol. The smallest absolute Gasteiger partial charge is 0.343 e. The van der Waals surface area contributed by atoms with Crippen LogP contribution in [0.1, 0.15) is 98.3 Å². The molecular weight excluding hydrogens is 674 g/mol. The second-order valence-corrected chi connectivity index (χ2v) is 4.85. The van der Waals surface area contributed by atoms with Crippen molar-refractivity contribution in [2.24, 2.45) is 0 Å². The molecule has 0 N–H and O–H groups in total. The zero-order valence-corrected chi connectivity index (χ0v) is 19.7. The minimum absolute atomic E-state index is 0. The van der Waals surface area contributed by atoms with Crippen LogP contribution in [0.3, 0.4) is 0 Å². The van der Waals surface area contributed by atoms with E-state index in [0.29, 0.717) is 0 Å². The molecule has 2 fully saturated rings. The van der Waals surface area contributed by atoms with Crippen LogP contribution in [-0.2, 0) is 59.2 Å². The molecule has 2 saturated carbocycles. The van der Waals surface area contributed by atoms with Gasteiger partial charge in [0.2, 0.25) is 0 Å². The van der Waals surface area contributed by atoms with Crippen molar-refractivity contribution in [1.82, 2.24) is 0 Å². The topological polar surface area (TPSA) is 0 Å².